The normalized spacial score (nSPS) is 17.4. The van der Waals surface area contributed by atoms with Crippen molar-refractivity contribution in [1.82, 2.24) is 9.97 Å². The Morgan fingerprint density at radius 3 is 2.66 bits per heavy atom. The molecule has 4 rings (SSSR count). The number of carbonyl (C=O) groups is 1. The van der Waals surface area contributed by atoms with Gasteiger partial charge in [0.15, 0.2) is 0 Å². The van der Waals surface area contributed by atoms with E-state index in [0.717, 1.165) is 58.8 Å². The SMILES string of the molecule is CN(C)c1cc(-c2[nH]c3c(c2Nc2ccccc2)C(C=O)CC(C)(C)C3)ccn1. The fourth-order valence-electron chi connectivity index (χ4n) is 4.31. The second kappa shape index (κ2) is 7.39. The van der Waals surface area contributed by atoms with Crippen LogP contribution < -0.4 is 10.2 Å². The number of hydrogen-bond donors (Lipinski definition) is 2. The van der Waals surface area contributed by atoms with Crippen LogP contribution in [0.15, 0.2) is 48.7 Å². The zero-order valence-corrected chi connectivity index (χ0v) is 17.5. The second-order valence-electron chi connectivity index (χ2n) is 8.84. The number of carbonyl (C=O) groups excluding carboxylic acids is 1. The summed E-state index contributed by atoms with van der Waals surface area (Å²) in [5, 5.41) is 3.60. The summed E-state index contributed by atoms with van der Waals surface area (Å²) in [5.74, 6) is 0.771. The number of para-hydroxylation sites is 1. The van der Waals surface area contributed by atoms with Crippen LogP contribution in [0.2, 0.25) is 0 Å². The van der Waals surface area contributed by atoms with Crippen LogP contribution in [0.3, 0.4) is 0 Å². The van der Waals surface area contributed by atoms with Crippen LogP contribution in [0.5, 0.6) is 0 Å². The van der Waals surface area contributed by atoms with Crippen LogP contribution >= 0.6 is 0 Å². The predicted molar refractivity (Wildman–Crippen MR) is 119 cm³/mol. The lowest BCUT2D eigenvalue weighted by Gasteiger charge is -2.33. The highest BCUT2D eigenvalue weighted by Crippen LogP contribution is 2.48. The number of pyridine rings is 1. The first-order valence-corrected chi connectivity index (χ1v) is 10.0. The Morgan fingerprint density at radius 2 is 1.97 bits per heavy atom. The number of benzene rings is 1. The van der Waals surface area contributed by atoms with E-state index in [1.54, 1.807) is 0 Å². The van der Waals surface area contributed by atoms with E-state index < -0.39 is 0 Å². The van der Waals surface area contributed by atoms with E-state index in [4.69, 9.17) is 0 Å². The molecule has 150 valence electrons. The molecule has 0 fully saturated rings. The van der Waals surface area contributed by atoms with Gasteiger partial charge in [0.05, 0.1) is 11.4 Å². The van der Waals surface area contributed by atoms with Gasteiger partial charge in [-0.3, -0.25) is 0 Å². The zero-order chi connectivity index (χ0) is 20.6. The predicted octanol–water partition coefficient (Wildman–Crippen LogP) is 5.14. The van der Waals surface area contributed by atoms with Crippen molar-refractivity contribution in [1.29, 1.82) is 0 Å². The van der Waals surface area contributed by atoms with Crippen LogP contribution in [0.1, 0.15) is 37.4 Å². The summed E-state index contributed by atoms with van der Waals surface area (Å²) in [4.78, 5) is 22.1. The number of nitrogens with zero attached hydrogens (tertiary/aromatic N) is 2. The van der Waals surface area contributed by atoms with Crippen molar-refractivity contribution in [2.45, 2.75) is 32.6 Å². The van der Waals surface area contributed by atoms with Crippen LogP contribution in [0, 0.1) is 5.41 Å². The molecule has 1 unspecified atom stereocenters. The highest BCUT2D eigenvalue weighted by molar-refractivity contribution is 5.86. The highest BCUT2D eigenvalue weighted by Gasteiger charge is 2.36. The van der Waals surface area contributed by atoms with Gasteiger partial charge in [-0.15, -0.1) is 0 Å². The molecule has 0 amide bonds. The van der Waals surface area contributed by atoms with Crippen LogP contribution in [-0.2, 0) is 11.2 Å². The third kappa shape index (κ3) is 3.77. The van der Waals surface area contributed by atoms with Gasteiger partial charge in [0, 0.05) is 48.7 Å². The fourth-order valence-corrected chi connectivity index (χ4v) is 4.31. The first-order valence-electron chi connectivity index (χ1n) is 10.0. The molecule has 29 heavy (non-hydrogen) atoms. The van der Waals surface area contributed by atoms with Crippen molar-refractivity contribution >= 4 is 23.5 Å². The Morgan fingerprint density at radius 1 is 1.21 bits per heavy atom. The summed E-state index contributed by atoms with van der Waals surface area (Å²) in [7, 11) is 3.97. The highest BCUT2D eigenvalue weighted by atomic mass is 16.1. The topological polar surface area (TPSA) is 61.0 Å². The molecule has 2 heterocycles. The van der Waals surface area contributed by atoms with Gasteiger partial charge < -0.3 is 20.0 Å². The first-order chi connectivity index (χ1) is 13.9. The number of anilines is 3. The van der Waals surface area contributed by atoms with Crippen molar-refractivity contribution in [3.05, 3.63) is 59.9 Å². The summed E-state index contributed by atoms with van der Waals surface area (Å²) in [6, 6.07) is 14.2. The summed E-state index contributed by atoms with van der Waals surface area (Å²) in [5.41, 5.74) is 6.39. The van der Waals surface area contributed by atoms with Gasteiger partial charge in [-0.25, -0.2) is 4.98 Å². The number of fused-ring (bicyclic) bond motifs is 1. The van der Waals surface area contributed by atoms with Gasteiger partial charge in [0.1, 0.15) is 12.1 Å². The van der Waals surface area contributed by atoms with E-state index in [2.05, 4.69) is 35.2 Å². The molecule has 1 aromatic carbocycles. The quantitative estimate of drug-likeness (QED) is 0.594. The number of nitrogens with one attached hydrogen (secondary N) is 2. The monoisotopic (exact) mass is 388 g/mol. The van der Waals surface area contributed by atoms with E-state index in [-0.39, 0.29) is 11.3 Å². The minimum absolute atomic E-state index is 0.0811. The molecule has 1 aliphatic rings. The van der Waals surface area contributed by atoms with Crippen molar-refractivity contribution < 1.29 is 4.79 Å². The van der Waals surface area contributed by atoms with Crippen LogP contribution in [0.4, 0.5) is 17.2 Å². The zero-order valence-electron chi connectivity index (χ0n) is 17.5. The molecule has 5 nitrogen and oxygen atoms in total. The first kappa shape index (κ1) is 19.2. The molecular weight excluding hydrogens is 360 g/mol. The van der Waals surface area contributed by atoms with Crippen LogP contribution in [0.25, 0.3) is 11.3 Å². The molecule has 0 saturated carbocycles. The van der Waals surface area contributed by atoms with Gasteiger partial charge >= 0.3 is 0 Å². The molecule has 0 saturated heterocycles. The maximum absolute atomic E-state index is 12.0. The lowest BCUT2D eigenvalue weighted by Crippen LogP contribution is -2.26. The summed E-state index contributed by atoms with van der Waals surface area (Å²) in [6.45, 7) is 4.46. The van der Waals surface area contributed by atoms with Crippen molar-refractivity contribution in [3.63, 3.8) is 0 Å². The number of aldehydes is 1. The molecule has 2 N–H and O–H groups in total. The standard InChI is InChI=1S/C24H28N4O/c1-24(2)13-17(15-29)21-19(14-24)27-22(16-10-11-25-20(12-16)28(3)4)23(21)26-18-8-6-5-7-9-18/h5-12,15,17,26-27H,13-14H2,1-4H3. The molecule has 2 aromatic heterocycles. The number of aromatic nitrogens is 2. The van der Waals surface area contributed by atoms with E-state index in [1.165, 1.54) is 0 Å². The molecule has 0 aliphatic heterocycles. The molecule has 1 atom stereocenters. The molecule has 3 aromatic rings. The summed E-state index contributed by atoms with van der Waals surface area (Å²) >= 11 is 0. The van der Waals surface area contributed by atoms with E-state index >= 15 is 0 Å². The fraction of sp³-hybridized carbons (Fsp3) is 0.333. The number of aromatic amines is 1. The Kier molecular flexibility index (Phi) is 4.91. The minimum atomic E-state index is -0.125. The van der Waals surface area contributed by atoms with Gasteiger partial charge in [-0.2, -0.15) is 0 Å². The lowest BCUT2D eigenvalue weighted by atomic mass is 9.71. The second-order valence-corrected chi connectivity index (χ2v) is 8.84. The van der Waals surface area contributed by atoms with Crippen molar-refractivity contribution in [3.8, 4) is 11.3 Å². The largest absolute Gasteiger partial charge is 0.363 e. The molecule has 0 radical (unpaired) electrons. The molecule has 0 bridgehead atoms. The smallest absolute Gasteiger partial charge is 0.128 e. The van der Waals surface area contributed by atoms with E-state index in [0.29, 0.717) is 0 Å². The number of H-pyrrole nitrogens is 1. The molecule has 1 aliphatic carbocycles. The third-order valence-corrected chi connectivity index (χ3v) is 5.62. The third-order valence-electron chi connectivity index (χ3n) is 5.62. The average Bonchev–Trinajstić information content (AvgIpc) is 3.05. The molecule has 5 heteroatoms. The maximum Gasteiger partial charge on any atom is 0.128 e. The van der Waals surface area contributed by atoms with Gasteiger partial charge in [-0.05, 0) is 42.5 Å². The van der Waals surface area contributed by atoms with E-state index in [9.17, 15) is 4.79 Å². The van der Waals surface area contributed by atoms with Crippen LogP contribution in [-0.4, -0.2) is 30.3 Å². The summed E-state index contributed by atoms with van der Waals surface area (Å²) < 4.78 is 0. The molecular formula is C24H28N4O. The molecule has 0 spiro atoms. The summed E-state index contributed by atoms with van der Waals surface area (Å²) in [6.07, 6.45) is 4.70. The Labute approximate surface area is 172 Å². The van der Waals surface area contributed by atoms with E-state index in [1.807, 2.05) is 61.6 Å². The Balaban J connectivity index is 1.90. The number of rotatable bonds is 5. The van der Waals surface area contributed by atoms with Gasteiger partial charge in [-0.1, -0.05) is 32.0 Å². The average molecular weight is 389 g/mol. The lowest BCUT2D eigenvalue weighted by molar-refractivity contribution is -0.109. The van der Waals surface area contributed by atoms with Gasteiger partial charge in [0.25, 0.3) is 0 Å². The maximum atomic E-state index is 12.0. The Bertz CT molecular complexity index is 1020. The van der Waals surface area contributed by atoms with Crippen molar-refractivity contribution in [2.24, 2.45) is 5.41 Å². The van der Waals surface area contributed by atoms with Crippen molar-refractivity contribution in [2.75, 3.05) is 24.3 Å². The minimum Gasteiger partial charge on any atom is -0.363 e. The number of hydrogen-bond acceptors (Lipinski definition) is 4. The Hall–Kier alpha value is -3.08. The van der Waals surface area contributed by atoms with Gasteiger partial charge in [0.2, 0.25) is 0 Å².